The van der Waals surface area contributed by atoms with E-state index in [4.69, 9.17) is 13.8 Å². The zero-order valence-corrected chi connectivity index (χ0v) is 11.8. The predicted molar refractivity (Wildman–Crippen MR) is 79.2 cm³/mol. The van der Waals surface area contributed by atoms with Gasteiger partial charge < -0.3 is 19.8 Å². The van der Waals surface area contributed by atoms with E-state index in [1.54, 1.807) is 36.4 Å². The van der Waals surface area contributed by atoms with E-state index < -0.39 is 10.4 Å². The Labute approximate surface area is 122 Å². The molecular formula is C13H15N3O4S. The summed E-state index contributed by atoms with van der Waals surface area (Å²) in [7, 11) is -4.09. The lowest BCUT2D eigenvalue weighted by atomic mass is 10.3. The van der Waals surface area contributed by atoms with Crippen LogP contribution in [0, 0.1) is 5.41 Å². The van der Waals surface area contributed by atoms with Crippen LogP contribution in [0.1, 0.15) is 0 Å². The fraction of sp³-hybridized carbons (Fsp3) is 0. The molecule has 0 fully saturated rings. The third-order valence-corrected chi connectivity index (χ3v) is 2.68. The normalized spacial score (nSPS) is 9.90. The van der Waals surface area contributed by atoms with Crippen molar-refractivity contribution in [3.05, 3.63) is 60.7 Å². The van der Waals surface area contributed by atoms with Crippen molar-refractivity contribution in [3.63, 3.8) is 0 Å². The summed E-state index contributed by atoms with van der Waals surface area (Å²) in [5.74, 6) is 0.0897. The molecule has 0 aromatic heterocycles. The molecule has 0 spiro atoms. The summed E-state index contributed by atoms with van der Waals surface area (Å²) in [5, 5.41) is 6.06. The molecule has 0 unspecified atom stereocenters. The molecule has 0 heterocycles. The molecule has 0 radical (unpaired) electrons. The predicted octanol–water partition coefficient (Wildman–Crippen LogP) is 1.23. The molecule has 0 aliphatic heterocycles. The summed E-state index contributed by atoms with van der Waals surface area (Å²) >= 11 is 0. The highest BCUT2D eigenvalue weighted by Crippen LogP contribution is 2.16. The highest BCUT2D eigenvalue weighted by atomic mass is 32.3. The number of para-hydroxylation sites is 2. The molecule has 0 atom stereocenters. The van der Waals surface area contributed by atoms with E-state index in [9.17, 15) is 8.42 Å². The van der Waals surface area contributed by atoms with Gasteiger partial charge in [-0.2, -0.15) is 0 Å². The fourth-order valence-electron chi connectivity index (χ4n) is 1.20. The zero-order valence-electron chi connectivity index (χ0n) is 11.0. The first-order valence-corrected chi connectivity index (χ1v) is 7.06. The van der Waals surface area contributed by atoms with Gasteiger partial charge in [-0.3, -0.25) is 5.41 Å². The van der Waals surface area contributed by atoms with Crippen molar-refractivity contribution >= 4 is 16.4 Å². The monoisotopic (exact) mass is 309 g/mol. The maximum Gasteiger partial charge on any atom is 0.500 e. The summed E-state index contributed by atoms with van der Waals surface area (Å²) in [5.41, 5.74) is 8.94. The van der Waals surface area contributed by atoms with Crippen molar-refractivity contribution in [3.8, 4) is 11.5 Å². The molecule has 112 valence electrons. The molecule has 0 amide bonds. The van der Waals surface area contributed by atoms with Crippen LogP contribution in [0.5, 0.6) is 11.5 Å². The van der Waals surface area contributed by atoms with Gasteiger partial charge in [0.05, 0.1) is 0 Å². The highest BCUT2D eigenvalue weighted by Gasteiger charge is 2.14. The third kappa shape index (κ3) is 7.43. The minimum absolute atomic E-state index is 0.212. The Morgan fingerprint density at radius 3 is 1.38 bits per heavy atom. The van der Waals surface area contributed by atoms with E-state index in [2.05, 4.69) is 11.5 Å². The Bertz CT molecular complexity index is 609. The number of hydrogen-bond donors (Lipinski definition) is 3. The molecule has 2 rings (SSSR count). The maximum absolute atomic E-state index is 11.5. The van der Waals surface area contributed by atoms with Gasteiger partial charge in [0, 0.05) is 0 Å². The molecule has 5 N–H and O–H groups in total. The number of nitrogens with two attached hydrogens (primary N) is 2. The van der Waals surface area contributed by atoms with Crippen LogP contribution in [-0.4, -0.2) is 14.4 Å². The minimum atomic E-state index is -4.09. The number of hydrogen-bond acceptors (Lipinski definition) is 5. The molecule has 2 aromatic rings. The molecule has 2 aromatic carbocycles. The number of guanidine groups is 1. The van der Waals surface area contributed by atoms with Gasteiger partial charge in [-0.15, -0.1) is 8.42 Å². The Morgan fingerprint density at radius 1 is 0.810 bits per heavy atom. The maximum atomic E-state index is 11.5. The fourth-order valence-corrected chi connectivity index (χ4v) is 1.93. The van der Waals surface area contributed by atoms with Crippen molar-refractivity contribution < 1.29 is 16.8 Å². The van der Waals surface area contributed by atoms with Crippen LogP contribution < -0.4 is 19.8 Å². The second-order valence-electron chi connectivity index (χ2n) is 3.66. The van der Waals surface area contributed by atoms with Crippen LogP contribution >= 0.6 is 0 Å². The van der Waals surface area contributed by atoms with E-state index in [0.29, 0.717) is 0 Å². The molecular weight excluding hydrogens is 294 g/mol. The molecule has 0 aliphatic carbocycles. The van der Waals surface area contributed by atoms with Crippen LogP contribution in [0.4, 0.5) is 0 Å². The molecule has 21 heavy (non-hydrogen) atoms. The quantitative estimate of drug-likeness (QED) is 0.575. The average molecular weight is 309 g/mol. The SMILES string of the molecule is N=C(N)N.O=S(=O)(Oc1ccccc1)Oc1ccccc1. The van der Waals surface area contributed by atoms with Crippen LogP contribution in [0.25, 0.3) is 0 Å². The summed E-state index contributed by atoms with van der Waals surface area (Å²) in [4.78, 5) is 0. The van der Waals surface area contributed by atoms with Gasteiger partial charge >= 0.3 is 10.4 Å². The topological polar surface area (TPSA) is 128 Å². The van der Waals surface area contributed by atoms with E-state index in [1.807, 2.05) is 0 Å². The lowest BCUT2D eigenvalue weighted by Gasteiger charge is -2.07. The smallest absolute Gasteiger partial charge is 0.370 e. The molecule has 8 heteroatoms. The van der Waals surface area contributed by atoms with Gasteiger partial charge in [-0.05, 0) is 24.3 Å². The second-order valence-corrected chi connectivity index (χ2v) is 4.81. The highest BCUT2D eigenvalue weighted by molar-refractivity contribution is 7.82. The Kier molecular flexibility index (Phi) is 6.02. The van der Waals surface area contributed by atoms with Gasteiger partial charge in [0.15, 0.2) is 5.96 Å². The van der Waals surface area contributed by atoms with Crippen molar-refractivity contribution in [2.75, 3.05) is 0 Å². The van der Waals surface area contributed by atoms with E-state index in [0.717, 1.165) is 0 Å². The first kappa shape index (κ1) is 16.3. The van der Waals surface area contributed by atoms with E-state index in [-0.39, 0.29) is 17.5 Å². The van der Waals surface area contributed by atoms with E-state index in [1.165, 1.54) is 24.3 Å². The standard InChI is InChI=1S/C12H10O4S.CH5N3/c13-17(14,15-11-7-3-1-4-8-11)16-12-9-5-2-6-10-12;2-1(3)4/h1-10H;(H5,2,3,4). The Morgan fingerprint density at radius 2 is 1.10 bits per heavy atom. The number of rotatable bonds is 4. The summed E-state index contributed by atoms with van der Waals surface area (Å²) in [6, 6.07) is 16.4. The van der Waals surface area contributed by atoms with Crippen LogP contribution in [0.3, 0.4) is 0 Å². The minimum Gasteiger partial charge on any atom is -0.370 e. The van der Waals surface area contributed by atoms with Crippen LogP contribution in [0.15, 0.2) is 60.7 Å². The van der Waals surface area contributed by atoms with Crippen molar-refractivity contribution in [2.24, 2.45) is 11.5 Å². The lowest BCUT2D eigenvalue weighted by molar-refractivity contribution is 0.392. The van der Waals surface area contributed by atoms with Crippen molar-refractivity contribution in [1.82, 2.24) is 0 Å². The van der Waals surface area contributed by atoms with Crippen LogP contribution in [-0.2, 0) is 10.4 Å². The Hall–Kier alpha value is -2.74. The zero-order chi connectivity index (χ0) is 15.7. The molecule has 0 aliphatic rings. The second kappa shape index (κ2) is 7.75. The van der Waals surface area contributed by atoms with Gasteiger partial charge in [0.25, 0.3) is 0 Å². The molecule has 0 saturated heterocycles. The van der Waals surface area contributed by atoms with Gasteiger partial charge in [0.1, 0.15) is 11.5 Å². The molecule has 0 bridgehead atoms. The number of benzene rings is 2. The van der Waals surface area contributed by atoms with Crippen molar-refractivity contribution in [1.29, 1.82) is 5.41 Å². The first-order valence-electron chi connectivity index (χ1n) is 5.72. The lowest BCUT2D eigenvalue weighted by Crippen LogP contribution is -2.20. The van der Waals surface area contributed by atoms with Crippen molar-refractivity contribution in [2.45, 2.75) is 0 Å². The largest absolute Gasteiger partial charge is 0.500 e. The first-order chi connectivity index (χ1) is 9.89. The van der Waals surface area contributed by atoms with Crippen LogP contribution in [0.2, 0.25) is 0 Å². The van der Waals surface area contributed by atoms with Gasteiger partial charge in [-0.1, -0.05) is 36.4 Å². The van der Waals surface area contributed by atoms with E-state index >= 15 is 0 Å². The molecule has 7 nitrogen and oxygen atoms in total. The van der Waals surface area contributed by atoms with Gasteiger partial charge in [-0.25, -0.2) is 0 Å². The Balaban J connectivity index is 0.000000491. The average Bonchev–Trinajstić information content (AvgIpc) is 2.39. The number of nitrogens with one attached hydrogen (secondary N) is 1. The summed E-state index contributed by atoms with van der Waals surface area (Å²) < 4.78 is 32.6. The summed E-state index contributed by atoms with van der Waals surface area (Å²) in [6.45, 7) is 0. The third-order valence-electron chi connectivity index (χ3n) is 1.88. The van der Waals surface area contributed by atoms with Gasteiger partial charge in [0.2, 0.25) is 0 Å². The molecule has 0 saturated carbocycles. The summed E-state index contributed by atoms with van der Waals surface area (Å²) in [6.07, 6.45) is 0.